The van der Waals surface area contributed by atoms with E-state index in [1.165, 1.54) is 56.1 Å². The van der Waals surface area contributed by atoms with E-state index in [-0.39, 0.29) is 5.41 Å². The maximum atomic E-state index is 6.26. The molecule has 1 aromatic rings. The summed E-state index contributed by atoms with van der Waals surface area (Å²) in [6.07, 6.45) is 16.0. The van der Waals surface area contributed by atoms with Gasteiger partial charge in [0.05, 0.1) is 18.9 Å². The summed E-state index contributed by atoms with van der Waals surface area (Å²) in [5.74, 6) is 3.36. The Balaban J connectivity index is 1.43. The second kappa shape index (κ2) is 6.86. The van der Waals surface area contributed by atoms with Gasteiger partial charge in [-0.25, -0.2) is 0 Å². The van der Waals surface area contributed by atoms with Crippen molar-refractivity contribution in [1.82, 2.24) is 4.98 Å². The minimum Gasteiger partial charge on any atom is -0.492 e. The van der Waals surface area contributed by atoms with Crippen LogP contribution >= 0.6 is 0 Å². The van der Waals surface area contributed by atoms with E-state index in [0.717, 1.165) is 30.1 Å². The number of fused-ring (bicyclic) bond motifs is 5. The first kappa shape index (κ1) is 18.7. The second-order valence-electron chi connectivity index (χ2n) is 10.1. The van der Waals surface area contributed by atoms with Crippen molar-refractivity contribution in [1.29, 1.82) is 0 Å². The Bertz CT molecular complexity index is 774. The number of ether oxygens (including phenoxy) is 2. The number of pyridine rings is 1. The van der Waals surface area contributed by atoms with E-state index in [0.29, 0.717) is 18.1 Å². The first-order valence-corrected chi connectivity index (χ1v) is 11.5. The Morgan fingerprint density at radius 1 is 1.14 bits per heavy atom. The summed E-state index contributed by atoms with van der Waals surface area (Å²) in [6, 6.07) is 2.20. The van der Waals surface area contributed by atoms with Crippen LogP contribution in [-0.4, -0.2) is 24.3 Å². The van der Waals surface area contributed by atoms with Gasteiger partial charge < -0.3 is 9.47 Å². The number of nitrogens with zero attached hydrogens (tertiary/aromatic N) is 1. The lowest BCUT2D eigenvalue weighted by Crippen LogP contribution is -2.55. The molecule has 3 aliphatic carbocycles. The highest BCUT2D eigenvalue weighted by Gasteiger charge is 2.58. The van der Waals surface area contributed by atoms with Crippen LogP contribution in [-0.2, 0) is 4.74 Å². The van der Waals surface area contributed by atoms with Crippen molar-refractivity contribution in [3.8, 4) is 5.75 Å². The molecule has 2 heterocycles. The highest BCUT2D eigenvalue weighted by atomic mass is 16.5. The van der Waals surface area contributed by atoms with Gasteiger partial charge in [-0.05, 0) is 97.7 Å². The average molecular weight is 382 g/mol. The third kappa shape index (κ3) is 2.69. The molecular formula is C25H35NO2. The molecule has 0 radical (unpaired) electrons. The van der Waals surface area contributed by atoms with Crippen molar-refractivity contribution >= 4 is 5.57 Å². The molecule has 5 rings (SSSR count). The van der Waals surface area contributed by atoms with Crippen LogP contribution in [0.15, 0.2) is 24.5 Å². The zero-order valence-electron chi connectivity index (χ0n) is 17.7. The molecule has 0 spiro atoms. The maximum absolute atomic E-state index is 6.26. The van der Waals surface area contributed by atoms with Gasteiger partial charge in [0.2, 0.25) is 0 Å². The van der Waals surface area contributed by atoms with Crippen molar-refractivity contribution < 1.29 is 9.47 Å². The van der Waals surface area contributed by atoms with Crippen LogP contribution in [0.2, 0.25) is 0 Å². The molecule has 0 amide bonds. The SMILES string of the molecule is CCOc1cncc(C2=CCC3C4CCC5OCCCC5(C)C4CCC23C)c1. The smallest absolute Gasteiger partial charge is 0.138 e. The van der Waals surface area contributed by atoms with Crippen molar-refractivity contribution in [2.45, 2.75) is 71.8 Å². The molecule has 1 aliphatic heterocycles. The van der Waals surface area contributed by atoms with Crippen molar-refractivity contribution in [3.63, 3.8) is 0 Å². The lowest BCUT2D eigenvalue weighted by molar-refractivity contribution is -0.168. The molecule has 4 aliphatic rings. The van der Waals surface area contributed by atoms with Gasteiger partial charge >= 0.3 is 0 Å². The molecule has 152 valence electrons. The lowest BCUT2D eigenvalue weighted by atomic mass is 9.47. The third-order valence-corrected chi connectivity index (χ3v) is 8.88. The van der Waals surface area contributed by atoms with E-state index in [2.05, 4.69) is 31.0 Å². The van der Waals surface area contributed by atoms with E-state index in [4.69, 9.17) is 9.47 Å². The van der Waals surface area contributed by atoms with Crippen molar-refractivity contribution in [2.75, 3.05) is 13.2 Å². The molecule has 3 fully saturated rings. The zero-order chi connectivity index (χ0) is 19.4. The molecule has 6 atom stereocenters. The number of rotatable bonds is 3. The fraction of sp³-hybridized carbons (Fsp3) is 0.720. The Labute approximate surface area is 169 Å². The molecule has 1 aromatic heterocycles. The number of hydrogen-bond acceptors (Lipinski definition) is 3. The minimum absolute atomic E-state index is 0.284. The molecule has 28 heavy (non-hydrogen) atoms. The lowest BCUT2D eigenvalue weighted by Gasteiger charge is -2.59. The van der Waals surface area contributed by atoms with Crippen LogP contribution in [0.25, 0.3) is 5.57 Å². The van der Waals surface area contributed by atoms with Crippen LogP contribution in [0, 0.1) is 28.6 Å². The monoisotopic (exact) mass is 381 g/mol. The fourth-order valence-electron chi connectivity index (χ4n) is 7.55. The van der Waals surface area contributed by atoms with Crippen molar-refractivity contribution in [3.05, 3.63) is 30.1 Å². The van der Waals surface area contributed by atoms with Gasteiger partial charge in [0.15, 0.2) is 0 Å². The minimum atomic E-state index is 0.284. The molecule has 6 unspecified atom stereocenters. The first-order chi connectivity index (χ1) is 13.6. The van der Waals surface area contributed by atoms with E-state index < -0.39 is 0 Å². The largest absolute Gasteiger partial charge is 0.492 e. The zero-order valence-corrected chi connectivity index (χ0v) is 17.7. The maximum Gasteiger partial charge on any atom is 0.138 e. The first-order valence-electron chi connectivity index (χ1n) is 11.5. The topological polar surface area (TPSA) is 31.4 Å². The summed E-state index contributed by atoms with van der Waals surface area (Å²) in [6.45, 7) is 8.79. The average Bonchev–Trinajstić information content (AvgIpc) is 3.05. The van der Waals surface area contributed by atoms with Crippen LogP contribution in [0.5, 0.6) is 5.75 Å². The van der Waals surface area contributed by atoms with Gasteiger partial charge in [-0.15, -0.1) is 0 Å². The van der Waals surface area contributed by atoms with Gasteiger partial charge in [-0.2, -0.15) is 0 Å². The Morgan fingerprint density at radius 3 is 2.89 bits per heavy atom. The molecule has 2 saturated carbocycles. The van der Waals surface area contributed by atoms with E-state index in [1.807, 2.05) is 19.3 Å². The van der Waals surface area contributed by atoms with Crippen LogP contribution in [0.4, 0.5) is 0 Å². The highest BCUT2D eigenvalue weighted by Crippen LogP contribution is 2.66. The molecule has 3 heteroatoms. The molecule has 0 bridgehead atoms. The quantitative estimate of drug-likeness (QED) is 0.653. The normalized spacial score (nSPS) is 42.2. The Hall–Kier alpha value is -1.35. The predicted octanol–water partition coefficient (Wildman–Crippen LogP) is 5.90. The third-order valence-electron chi connectivity index (χ3n) is 8.88. The van der Waals surface area contributed by atoms with Gasteiger partial charge in [-0.1, -0.05) is 19.9 Å². The van der Waals surface area contributed by atoms with Gasteiger partial charge in [0.25, 0.3) is 0 Å². The van der Waals surface area contributed by atoms with E-state index >= 15 is 0 Å². The standard InChI is InChI=1S/C25H35NO2/c1-4-27-18-14-17(15-26-16-18)20-7-8-21-19-6-9-23-25(3,11-5-13-28-23)22(19)10-12-24(20,21)2/h7,14-16,19,21-23H,4-6,8-13H2,1-3H3. The van der Waals surface area contributed by atoms with Crippen LogP contribution in [0.3, 0.4) is 0 Å². The van der Waals surface area contributed by atoms with Gasteiger partial charge in [0, 0.05) is 12.8 Å². The number of aromatic nitrogens is 1. The molecule has 0 N–H and O–H groups in total. The van der Waals surface area contributed by atoms with Crippen LogP contribution in [0.1, 0.15) is 71.3 Å². The summed E-state index contributed by atoms with van der Waals surface area (Å²) in [5, 5.41) is 0. The molecule has 3 nitrogen and oxygen atoms in total. The van der Waals surface area contributed by atoms with E-state index in [1.54, 1.807) is 0 Å². The van der Waals surface area contributed by atoms with Gasteiger partial charge in [-0.3, -0.25) is 4.98 Å². The number of allylic oxidation sites excluding steroid dienone is 2. The summed E-state index contributed by atoms with van der Waals surface area (Å²) >= 11 is 0. The number of hydrogen-bond donors (Lipinski definition) is 0. The van der Waals surface area contributed by atoms with Crippen molar-refractivity contribution in [2.24, 2.45) is 28.6 Å². The van der Waals surface area contributed by atoms with Crippen LogP contribution < -0.4 is 4.74 Å². The highest BCUT2D eigenvalue weighted by molar-refractivity contribution is 5.73. The second-order valence-corrected chi connectivity index (χ2v) is 10.1. The summed E-state index contributed by atoms with van der Waals surface area (Å²) < 4.78 is 12.0. The van der Waals surface area contributed by atoms with E-state index in [9.17, 15) is 0 Å². The predicted molar refractivity (Wildman–Crippen MR) is 112 cm³/mol. The molecule has 1 saturated heterocycles. The Morgan fingerprint density at radius 2 is 2.04 bits per heavy atom. The molecule has 0 aromatic carbocycles. The summed E-state index contributed by atoms with van der Waals surface area (Å²) in [5.41, 5.74) is 3.49. The molecular weight excluding hydrogens is 346 g/mol. The van der Waals surface area contributed by atoms with Gasteiger partial charge in [0.1, 0.15) is 5.75 Å². The summed E-state index contributed by atoms with van der Waals surface area (Å²) in [7, 11) is 0. The fourth-order valence-corrected chi connectivity index (χ4v) is 7.55. The summed E-state index contributed by atoms with van der Waals surface area (Å²) in [4.78, 5) is 4.48. The Kier molecular flexibility index (Phi) is 4.58.